The fraction of sp³-hybridized carbons (Fsp3) is 0.417. The van der Waals surface area contributed by atoms with Crippen molar-refractivity contribution in [1.29, 1.82) is 0 Å². The molecule has 2 aromatic heterocycles. The van der Waals surface area contributed by atoms with Crippen LogP contribution in [-0.2, 0) is 11.2 Å². The van der Waals surface area contributed by atoms with Gasteiger partial charge >= 0.3 is 0 Å². The van der Waals surface area contributed by atoms with Gasteiger partial charge in [-0.25, -0.2) is 9.97 Å². The average Bonchev–Trinajstić information content (AvgIpc) is 3.30. The zero-order valence-corrected chi connectivity index (χ0v) is 19.1. The molecule has 0 spiro atoms. The van der Waals surface area contributed by atoms with Gasteiger partial charge in [0.05, 0.1) is 17.8 Å². The van der Waals surface area contributed by atoms with Crippen molar-refractivity contribution in [2.24, 2.45) is 5.41 Å². The van der Waals surface area contributed by atoms with Gasteiger partial charge in [-0.15, -0.1) is 0 Å². The Labute approximate surface area is 187 Å². The summed E-state index contributed by atoms with van der Waals surface area (Å²) in [5.74, 6) is 0.719. The molecule has 8 nitrogen and oxygen atoms in total. The second-order valence-electron chi connectivity index (χ2n) is 9.42. The maximum Gasteiger partial charge on any atom is 0.255 e. The highest BCUT2D eigenvalue weighted by Crippen LogP contribution is 2.34. The normalized spacial score (nSPS) is 16.5. The Balaban J connectivity index is 1.54. The van der Waals surface area contributed by atoms with Gasteiger partial charge in [-0.05, 0) is 48.4 Å². The Morgan fingerprint density at radius 1 is 1.28 bits per heavy atom. The number of carbonyl (C=O) groups excluding carboxylic acids is 2. The molecule has 1 aliphatic carbocycles. The van der Waals surface area contributed by atoms with E-state index in [1.165, 1.54) is 13.1 Å². The second-order valence-corrected chi connectivity index (χ2v) is 9.42. The summed E-state index contributed by atoms with van der Waals surface area (Å²) in [5.41, 5.74) is 3.63. The topological polar surface area (TPSA) is 109 Å². The van der Waals surface area contributed by atoms with Crippen molar-refractivity contribution in [2.45, 2.75) is 59.5 Å². The van der Waals surface area contributed by atoms with Crippen molar-refractivity contribution in [3.05, 3.63) is 47.3 Å². The Kier molecular flexibility index (Phi) is 5.62. The number of rotatable bonds is 5. The highest BCUT2D eigenvalue weighted by atomic mass is 16.5. The van der Waals surface area contributed by atoms with Gasteiger partial charge in [0.15, 0.2) is 5.65 Å². The number of hydrogen-bond donors (Lipinski definition) is 3. The molecule has 0 aliphatic heterocycles. The van der Waals surface area contributed by atoms with E-state index < -0.39 is 0 Å². The molecular formula is C24H29N5O3. The number of aromatic amines is 1. The van der Waals surface area contributed by atoms with Crippen LogP contribution in [0.15, 0.2) is 30.6 Å². The molecule has 0 saturated heterocycles. The number of carbonyl (C=O) groups is 2. The van der Waals surface area contributed by atoms with Crippen molar-refractivity contribution in [2.75, 3.05) is 0 Å². The monoisotopic (exact) mass is 435 g/mol. The van der Waals surface area contributed by atoms with E-state index in [1.54, 1.807) is 6.20 Å². The summed E-state index contributed by atoms with van der Waals surface area (Å²) in [4.78, 5) is 36.1. The molecule has 0 fully saturated rings. The van der Waals surface area contributed by atoms with Gasteiger partial charge in [-0.2, -0.15) is 0 Å². The third kappa shape index (κ3) is 4.44. The van der Waals surface area contributed by atoms with E-state index >= 15 is 0 Å². The number of benzene rings is 1. The molecule has 0 radical (unpaired) electrons. The SMILES string of the molecule is CC(=O)N[C@@H]1CCc2cc(Oc3cnc4[nH]cc(C(=O)N[C@@H](C)C(C)(C)C)c4n3)ccc21. The number of aromatic nitrogens is 3. The number of aryl methyl sites for hydroxylation is 1. The Bertz CT molecular complexity index is 1180. The second kappa shape index (κ2) is 8.26. The van der Waals surface area contributed by atoms with Crippen molar-refractivity contribution in [1.82, 2.24) is 25.6 Å². The first-order valence-corrected chi connectivity index (χ1v) is 10.8. The van der Waals surface area contributed by atoms with E-state index in [0.717, 1.165) is 24.0 Å². The van der Waals surface area contributed by atoms with E-state index in [9.17, 15) is 9.59 Å². The van der Waals surface area contributed by atoms with Crippen LogP contribution in [-0.4, -0.2) is 32.8 Å². The van der Waals surface area contributed by atoms with E-state index in [4.69, 9.17) is 4.74 Å². The quantitative estimate of drug-likeness (QED) is 0.560. The lowest BCUT2D eigenvalue weighted by atomic mass is 9.88. The van der Waals surface area contributed by atoms with Crippen molar-refractivity contribution >= 4 is 23.0 Å². The minimum absolute atomic E-state index is 0.0138. The summed E-state index contributed by atoms with van der Waals surface area (Å²) in [6, 6.07) is 5.84. The first-order chi connectivity index (χ1) is 15.1. The van der Waals surface area contributed by atoms with Crippen molar-refractivity contribution in [3.8, 4) is 11.6 Å². The van der Waals surface area contributed by atoms with E-state index in [0.29, 0.717) is 28.4 Å². The first kappa shape index (κ1) is 21.8. The zero-order chi connectivity index (χ0) is 23.0. The fourth-order valence-corrected chi connectivity index (χ4v) is 3.76. The van der Waals surface area contributed by atoms with Crippen molar-refractivity contribution in [3.63, 3.8) is 0 Å². The summed E-state index contributed by atoms with van der Waals surface area (Å²) < 4.78 is 5.96. The van der Waals surface area contributed by atoms with Crippen LogP contribution in [0, 0.1) is 5.41 Å². The molecule has 2 amide bonds. The molecule has 32 heavy (non-hydrogen) atoms. The molecule has 0 saturated carbocycles. The van der Waals surface area contributed by atoms with E-state index in [2.05, 4.69) is 46.4 Å². The van der Waals surface area contributed by atoms with Gasteiger partial charge in [-0.3, -0.25) is 9.59 Å². The van der Waals surface area contributed by atoms with Crippen LogP contribution in [0.25, 0.3) is 11.2 Å². The van der Waals surface area contributed by atoms with Crippen LogP contribution in [0.4, 0.5) is 0 Å². The standard InChI is InChI=1S/C24H29N5O3/c1-13(24(3,4)5)27-23(31)18-11-25-22-21(18)29-20(12-26-22)32-16-7-8-17-15(10-16)6-9-19(17)28-14(2)30/h7-8,10-13,19H,6,9H2,1-5H3,(H,25,26)(H,27,31)(H,28,30)/t13-,19+/m0/s1. The Morgan fingerprint density at radius 2 is 2.06 bits per heavy atom. The van der Waals surface area contributed by atoms with Crippen molar-refractivity contribution < 1.29 is 14.3 Å². The largest absolute Gasteiger partial charge is 0.437 e. The minimum Gasteiger partial charge on any atom is -0.437 e. The molecule has 4 rings (SSSR count). The third-order valence-electron chi connectivity index (χ3n) is 6.04. The van der Waals surface area contributed by atoms with Crippen LogP contribution in [0.2, 0.25) is 0 Å². The minimum atomic E-state index is -0.202. The predicted molar refractivity (Wildman–Crippen MR) is 122 cm³/mol. The van der Waals surface area contributed by atoms with Gasteiger partial charge in [0.2, 0.25) is 11.8 Å². The third-order valence-corrected chi connectivity index (χ3v) is 6.04. The fourth-order valence-electron chi connectivity index (χ4n) is 3.76. The number of amides is 2. The highest BCUT2D eigenvalue weighted by molar-refractivity contribution is 6.04. The molecule has 2 heterocycles. The summed E-state index contributed by atoms with van der Waals surface area (Å²) in [5, 5.41) is 6.01. The molecule has 8 heteroatoms. The lowest BCUT2D eigenvalue weighted by molar-refractivity contribution is -0.119. The predicted octanol–water partition coefficient (Wildman–Crippen LogP) is 4.04. The smallest absolute Gasteiger partial charge is 0.255 e. The first-order valence-electron chi connectivity index (χ1n) is 10.8. The summed E-state index contributed by atoms with van der Waals surface area (Å²) in [6.07, 6.45) is 4.90. The van der Waals surface area contributed by atoms with Gasteiger partial charge in [0.25, 0.3) is 5.91 Å². The molecule has 2 atom stereocenters. The van der Waals surface area contributed by atoms with Gasteiger partial charge in [0.1, 0.15) is 11.3 Å². The number of nitrogens with one attached hydrogen (secondary N) is 3. The molecule has 3 aromatic rings. The van der Waals surface area contributed by atoms with E-state index in [-0.39, 0.29) is 29.3 Å². The molecule has 3 N–H and O–H groups in total. The maximum atomic E-state index is 12.8. The summed E-state index contributed by atoms with van der Waals surface area (Å²) >= 11 is 0. The lowest BCUT2D eigenvalue weighted by Crippen LogP contribution is -2.41. The van der Waals surface area contributed by atoms with Crippen LogP contribution < -0.4 is 15.4 Å². The van der Waals surface area contributed by atoms with Crippen LogP contribution >= 0.6 is 0 Å². The number of H-pyrrole nitrogens is 1. The number of ether oxygens (including phenoxy) is 1. The Morgan fingerprint density at radius 3 is 2.78 bits per heavy atom. The number of hydrogen-bond acceptors (Lipinski definition) is 5. The molecule has 0 bridgehead atoms. The zero-order valence-electron chi connectivity index (χ0n) is 19.1. The number of nitrogens with zero attached hydrogens (tertiary/aromatic N) is 2. The van der Waals surface area contributed by atoms with Crippen LogP contribution in [0.5, 0.6) is 11.6 Å². The Hall–Kier alpha value is -3.42. The van der Waals surface area contributed by atoms with Gasteiger partial charge in [0, 0.05) is 19.2 Å². The van der Waals surface area contributed by atoms with Crippen LogP contribution in [0.1, 0.15) is 68.6 Å². The number of fused-ring (bicyclic) bond motifs is 2. The van der Waals surface area contributed by atoms with Crippen LogP contribution in [0.3, 0.4) is 0 Å². The average molecular weight is 436 g/mol. The molecular weight excluding hydrogens is 406 g/mol. The molecule has 1 aromatic carbocycles. The van der Waals surface area contributed by atoms with Gasteiger partial charge in [-0.1, -0.05) is 26.8 Å². The molecule has 168 valence electrons. The molecule has 0 unspecified atom stereocenters. The van der Waals surface area contributed by atoms with E-state index in [1.807, 2.05) is 25.1 Å². The maximum absolute atomic E-state index is 12.8. The summed E-state index contributed by atoms with van der Waals surface area (Å²) in [6.45, 7) is 9.75. The lowest BCUT2D eigenvalue weighted by Gasteiger charge is -2.27. The highest BCUT2D eigenvalue weighted by Gasteiger charge is 2.25. The molecule has 1 aliphatic rings. The van der Waals surface area contributed by atoms with Gasteiger partial charge < -0.3 is 20.4 Å². The summed E-state index contributed by atoms with van der Waals surface area (Å²) in [7, 11) is 0.